The summed E-state index contributed by atoms with van der Waals surface area (Å²) in [6, 6.07) is 0. The fourth-order valence-corrected chi connectivity index (χ4v) is 3.85. The number of nitrogens with zero attached hydrogens (tertiary/aromatic N) is 1. The van der Waals surface area contributed by atoms with Crippen molar-refractivity contribution < 1.29 is 24.2 Å². The van der Waals surface area contributed by atoms with Gasteiger partial charge in [-0.25, -0.2) is 4.79 Å². The Hall–Kier alpha value is -1.30. The van der Waals surface area contributed by atoms with Crippen molar-refractivity contribution in [3.05, 3.63) is 0 Å². The molecule has 0 aromatic heterocycles. The molecule has 3 fully saturated rings. The van der Waals surface area contributed by atoms with Crippen LogP contribution in [0.3, 0.4) is 0 Å². The quantitative estimate of drug-likeness (QED) is 0.789. The Kier molecular flexibility index (Phi) is 2.80. The van der Waals surface area contributed by atoms with Crippen LogP contribution in [0.2, 0.25) is 0 Å². The third kappa shape index (κ3) is 1.97. The van der Waals surface area contributed by atoms with Crippen LogP contribution in [0.5, 0.6) is 0 Å². The van der Waals surface area contributed by atoms with Gasteiger partial charge in [0.15, 0.2) is 0 Å². The highest BCUT2D eigenvalue weighted by Crippen LogP contribution is 2.54. The van der Waals surface area contributed by atoms with Crippen molar-refractivity contribution in [1.82, 2.24) is 4.90 Å². The minimum Gasteiger partial charge on any atom is -0.481 e. The molecule has 3 rings (SSSR count). The van der Waals surface area contributed by atoms with E-state index in [0.29, 0.717) is 13.1 Å². The molecule has 2 bridgehead atoms. The van der Waals surface area contributed by atoms with Crippen LogP contribution < -0.4 is 0 Å². The van der Waals surface area contributed by atoms with E-state index in [1.54, 1.807) is 4.90 Å². The molecular formula is C14H21NO5. The number of aliphatic carboxylic acids is 1. The van der Waals surface area contributed by atoms with E-state index in [9.17, 15) is 14.7 Å². The van der Waals surface area contributed by atoms with Gasteiger partial charge < -0.3 is 19.5 Å². The second kappa shape index (κ2) is 4.10. The number of carboxylic acid groups (broad SMARTS) is 1. The third-order valence-electron chi connectivity index (χ3n) is 4.56. The van der Waals surface area contributed by atoms with Crippen LogP contribution in [-0.2, 0) is 14.3 Å². The molecule has 1 spiro atoms. The van der Waals surface area contributed by atoms with Crippen molar-refractivity contribution in [3.63, 3.8) is 0 Å². The van der Waals surface area contributed by atoms with Crippen LogP contribution in [0.15, 0.2) is 0 Å². The second-order valence-corrected chi connectivity index (χ2v) is 7.09. The van der Waals surface area contributed by atoms with E-state index < -0.39 is 23.1 Å². The Morgan fingerprint density at radius 2 is 2.10 bits per heavy atom. The van der Waals surface area contributed by atoms with Crippen molar-refractivity contribution in [1.29, 1.82) is 0 Å². The summed E-state index contributed by atoms with van der Waals surface area (Å²) in [5, 5.41) is 9.38. The smallest absolute Gasteiger partial charge is 0.410 e. The lowest BCUT2D eigenvalue weighted by Gasteiger charge is -2.26. The minimum atomic E-state index is -0.812. The summed E-state index contributed by atoms with van der Waals surface area (Å²) >= 11 is 0. The summed E-state index contributed by atoms with van der Waals surface area (Å²) in [4.78, 5) is 25.2. The Morgan fingerprint density at radius 1 is 1.40 bits per heavy atom. The van der Waals surface area contributed by atoms with Crippen molar-refractivity contribution >= 4 is 12.1 Å². The van der Waals surface area contributed by atoms with Crippen LogP contribution in [0.1, 0.15) is 33.6 Å². The summed E-state index contributed by atoms with van der Waals surface area (Å²) in [7, 11) is 0. The Labute approximate surface area is 118 Å². The average Bonchev–Trinajstić information content (AvgIpc) is 2.90. The Morgan fingerprint density at radius 3 is 2.70 bits per heavy atom. The van der Waals surface area contributed by atoms with Gasteiger partial charge in [-0.2, -0.15) is 0 Å². The average molecular weight is 283 g/mol. The molecule has 4 atom stereocenters. The maximum Gasteiger partial charge on any atom is 0.410 e. The Balaban J connectivity index is 1.76. The number of likely N-dealkylation sites (tertiary alicyclic amines) is 1. The first-order valence-electron chi connectivity index (χ1n) is 7.10. The molecule has 20 heavy (non-hydrogen) atoms. The molecule has 0 radical (unpaired) electrons. The van der Waals surface area contributed by atoms with Crippen LogP contribution >= 0.6 is 0 Å². The summed E-state index contributed by atoms with van der Waals surface area (Å²) in [5.74, 6) is -1.41. The highest BCUT2D eigenvalue weighted by molar-refractivity contribution is 5.74. The summed E-state index contributed by atoms with van der Waals surface area (Å²) < 4.78 is 11.3. The van der Waals surface area contributed by atoms with Gasteiger partial charge in [0.25, 0.3) is 0 Å². The molecule has 0 saturated carbocycles. The fraction of sp³-hybridized carbons (Fsp3) is 0.857. The summed E-state index contributed by atoms with van der Waals surface area (Å²) in [5.41, 5.74) is -0.998. The zero-order chi connectivity index (χ0) is 14.7. The molecule has 0 aliphatic carbocycles. The van der Waals surface area contributed by atoms with E-state index >= 15 is 0 Å². The molecule has 0 aromatic carbocycles. The van der Waals surface area contributed by atoms with Crippen LogP contribution in [0.25, 0.3) is 0 Å². The maximum absolute atomic E-state index is 12.1. The zero-order valence-corrected chi connectivity index (χ0v) is 12.1. The van der Waals surface area contributed by atoms with Crippen molar-refractivity contribution in [2.24, 2.45) is 11.8 Å². The number of carbonyl (C=O) groups is 2. The first-order valence-corrected chi connectivity index (χ1v) is 7.10. The second-order valence-electron chi connectivity index (χ2n) is 7.09. The Bertz CT molecular complexity index is 457. The monoisotopic (exact) mass is 283 g/mol. The topological polar surface area (TPSA) is 76.1 Å². The van der Waals surface area contributed by atoms with Gasteiger partial charge in [0.2, 0.25) is 0 Å². The van der Waals surface area contributed by atoms with E-state index in [-0.39, 0.29) is 18.1 Å². The van der Waals surface area contributed by atoms with Gasteiger partial charge in [0, 0.05) is 12.5 Å². The number of hydrogen-bond acceptors (Lipinski definition) is 4. The van der Waals surface area contributed by atoms with E-state index in [0.717, 1.165) is 12.8 Å². The highest BCUT2D eigenvalue weighted by Gasteiger charge is 2.66. The van der Waals surface area contributed by atoms with Gasteiger partial charge in [-0.1, -0.05) is 0 Å². The molecule has 112 valence electrons. The molecule has 3 saturated heterocycles. The van der Waals surface area contributed by atoms with Crippen LogP contribution in [0.4, 0.5) is 4.79 Å². The zero-order valence-electron chi connectivity index (χ0n) is 12.1. The number of fused-ring (bicyclic) bond motifs is 1. The summed E-state index contributed by atoms with van der Waals surface area (Å²) in [6.45, 7) is 6.34. The molecule has 3 aliphatic rings. The predicted octanol–water partition coefficient (Wildman–Crippen LogP) is 1.49. The highest BCUT2D eigenvalue weighted by atomic mass is 16.6. The molecule has 3 heterocycles. The van der Waals surface area contributed by atoms with Gasteiger partial charge in [0.05, 0.1) is 24.2 Å². The molecule has 6 heteroatoms. The third-order valence-corrected chi connectivity index (χ3v) is 4.56. The maximum atomic E-state index is 12.1. The van der Waals surface area contributed by atoms with E-state index in [2.05, 4.69) is 0 Å². The van der Waals surface area contributed by atoms with E-state index in [1.807, 2.05) is 20.8 Å². The van der Waals surface area contributed by atoms with E-state index in [4.69, 9.17) is 9.47 Å². The lowest BCUT2D eigenvalue weighted by atomic mass is 9.74. The molecular weight excluding hydrogens is 262 g/mol. The predicted molar refractivity (Wildman–Crippen MR) is 69.3 cm³/mol. The molecule has 4 unspecified atom stereocenters. The SMILES string of the molecule is CC(C)(C)OC(=O)N1CC2C(C(=O)O)C3CCC2(C1)O3. The summed E-state index contributed by atoms with van der Waals surface area (Å²) in [6.07, 6.45) is 1.05. The van der Waals surface area contributed by atoms with Crippen molar-refractivity contribution in [2.45, 2.75) is 50.9 Å². The number of rotatable bonds is 1. The van der Waals surface area contributed by atoms with Gasteiger partial charge in [-0.15, -0.1) is 0 Å². The van der Waals surface area contributed by atoms with Gasteiger partial charge in [-0.3, -0.25) is 4.79 Å². The number of amides is 1. The van der Waals surface area contributed by atoms with Gasteiger partial charge in [0.1, 0.15) is 5.60 Å². The molecule has 6 nitrogen and oxygen atoms in total. The lowest BCUT2D eigenvalue weighted by Crippen LogP contribution is -2.39. The number of hydrogen-bond donors (Lipinski definition) is 1. The van der Waals surface area contributed by atoms with Crippen LogP contribution in [0, 0.1) is 11.8 Å². The first-order chi connectivity index (χ1) is 9.22. The standard InChI is InChI=1S/C14H21NO5/c1-13(2,3)20-12(18)15-6-8-10(11(16)17)9-4-5-14(8,7-15)19-9/h8-10H,4-7H2,1-3H3,(H,16,17). The number of ether oxygens (including phenoxy) is 2. The lowest BCUT2D eigenvalue weighted by molar-refractivity contribution is -0.144. The largest absolute Gasteiger partial charge is 0.481 e. The minimum absolute atomic E-state index is 0.105. The normalized spacial score (nSPS) is 39.0. The van der Waals surface area contributed by atoms with E-state index in [1.165, 1.54) is 0 Å². The number of carboxylic acids is 1. The van der Waals surface area contributed by atoms with Gasteiger partial charge in [-0.05, 0) is 33.6 Å². The molecule has 0 aromatic rings. The molecule has 1 N–H and O–H groups in total. The van der Waals surface area contributed by atoms with Crippen molar-refractivity contribution in [2.75, 3.05) is 13.1 Å². The van der Waals surface area contributed by atoms with Crippen molar-refractivity contribution in [3.8, 4) is 0 Å². The molecule has 1 amide bonds. The fourth-order valence-electron chi connectivity index (χ4n) is 3.85. The first kappa shape index (κ1) is 13.7. The van der Waals surface area contributed by atoms with Gasteiger partial charge >= 0.3 is 12.1 Å². The molecule has 3 aliphatic heterocycles. The van der Waals surface area contributed by atoms with Crippen LogP contribution in [-0.4, -0.2) is 52.5 Å². The number of carbonyl (C=O) groups excluding carboxylic acids is 1.